The molecule has 0 saturated carbocycles. The van der Waals surface area contributed by atoms with Crippen LogP contribution in [0.15, 0.2) is 71.6 Å². The summed E-state index contributed by atoms with van der Waals surface area (Å²) in [7, 11) is -1.85. The van der Waals surface area contributed by atoms with Gasteiger partial charge in [-0.3, -0.25) is 4.90 Å². The Balaban J connectivity index is 1.41. The largest absolute Gasteiger partial charge is 0.331 e. The molecule has 4 rings (SSSR count). The van der Waals surface area contributed by atoms with Crippen molar-refractivity contribution in [3.05, 3.63) is 94.8 Å². The lowest BCUT2D eigenvalue weighted by molar-refractivity contribution is 0.249. The Labute approximate surface area is 193 Å². The number of carbonyl (C=O) groups is 1. The highest BCUT2D eigenvalue weighted by atomic mass is 32.2. The van der Waals surface area contributed by atoms with Gasteiger partial charge in [-0.05, 0) is 49.4 Å². The molecule has 1 heterocycles. The summed E-state index contributed by atoms with van der Waals surface area (Å²) in [6.07, 6.45) is 0. The molecule has 0 aliphatic carbocycles. The second kappa shape index (κ2) is 9.33. The first-order chi connectivity index (χ1) is 15.7. The maximum Gasteiger partial charge on any atom is 0.319 e. The fraction of sp³-hybridized carbons (Fsp3) is 0.240. The number of hydrogen-bond acceptors (Lipinski definition) is 4. The van der Waals surface area contributed by atoms with Crippen molar-refractivity contribution in [2.45, 2.75) is 36.7 Å². The predicted molar refractivity (Wildman–Crippen MR) is 126 cm³/mol. The number of fused-ring (bicyclic) bond motifs is 1. The molecule has 33 heavy (non-hydrogen) atoms. The Bertz CT molecular complexity index is 1260. The molecule has 8 heteroatoms. The summed E-state index contributed by atoms with van der Waals surface area (Å²) in [6.45, 7) is 3.01. The third-order valence-electron chi connectivity index (χ3n) is 5.75. The summed E-state index contributed by atoms with van der Waals surface area (Å²) in [5.41, 5.74) is 3.06. The van der Waals surface area contributed by atoms with Crippen molar-refractivity contribution in [3.8, 4) is 0 Å². The zero-order chi connectivity index (χ0) is 23.6. The fourth-order valence-corrected chi connectivity index (χ4v) is 5.33. The third kappa shape index (κ3) is 5.23. The van der Waals surface area contributed by atoms with E-state index >= 15 is 0 Å². The number of sulfone groups is 1. The number of amides is 2. The van der Waals surface area contributed by atoms with Gasteiger partial charge in [0.15, 0.2) is 9.84 Å². The molecule has 0 unspecified atom stereocenters. The molecule has 3 aromatic rings. The first kappa shape index (κ1) is 22.9. The van der Waals surface area contributed by atoms with Crippen LogP contribution in [0.1, 0.15) is 35.2 Å². The number of rotatable bonds is 6. The molecule has 6 nitrogen and oxygen atoms in total. The van der Waals surface area contributed by atoms with Gasteiger partial charge < -0.3 is 10.6 Å². The van der Waals surface area contributed by atoms with E-state index in [0.717, 1.165) is 11.1 Å². The average molecular weight is 468 g/mol. The van der Waals surface area contributed by atoms with Gasteiger partial charge in [0.1, 0.15) is 5.82 Å². The summed E-state index contributed by atoms with van der Waals surface area (Å²) in [5.74, 6) is -0.861. The number of anilines is 1. The molecule has 1 aliphatic heterocycles. The molecule has 0 fully saturated rings. The number of nitrogens with zero attached hydrogens (tertiary/aromatic N) is 1. The molecule has 2 N–H and O–H groups in total. The summed E-state index contributed by atoms with van der Waals surface area (Å²) < 4.78 is 40.6. The highest BCUT2D eigenvalue weighted by Crippen LogP contribution is 2.28. The van der Waals surface area contributed by atoms with Crippen molar-refractivity contribution >= 4 is 21.6 Å². The van der Waals surface area contributed by atoms with Crippen LogP contribution in [-0.2, 0) is 28.7 Å². The van der Waals surface area contributed by atoms with Gasteiger partial charge in [0.2, 0.25) is 0 Å². The first-order valence-corrected chi connectivity index (χ1v) is 12.3. The van der Waals surface area contributed by atoms with Crippen molar-refractivity contribution in [2.75, 3.05) is 12.4 Å². The van der Waals surface area contributed by atoms with E-state index in [9.17, 15) is 17.6 Å². The molecule has 0 spiro atoms. The van der Waals surface area contributed by atoms with E-state index in [-0.39, 0.29) is 16.5 Å². The molecule has 0 aromatic heterocycles. The van der Waals surface area contributed by atoms with E-state index in [1.165, 1.54) is 24.3 Å². The van der Waals surface area contributed by atoms with E-state index in [1.54, 1.807) is 12.1 Å². The topological polar surface area (TPSA) is 78.5 Å². The minimum absolute atomic E-state index is 0.0723. The Hall–Kier alpha value is -3.23. The number of halogens is 1. The second-order valence-corrected chi connectivity index (χ2v) is 10.4. The zero-order valence-electron chi connectivity index (χ0n) is 18.5. The summed E-state index contributed by atoms with van der Waals surface area (Å²) >= 11 is 0. The van der Waals surface area contributed by atoms with Crippen LogP contribution in [0.4, 0.5) is 14.9 Å². The lowest BCUT2D eigenvalue weighted by Crippen LogP contribution is -2.31. The SMILES string of the molecule is C[C@@H](NC(=O)Nc1ccc(S(=O)(=O)Cc2ccc3c(c2F)CN(C)C3)cc1)c1ccccc1. The second-order valence-electron chi connectivity index (χ2n) is 8.36. The minimum Gasteiger partial charge on any atom is -0.331 e. The fourth-order valence-electron chi connectivity index (χ4n) is 3.98. The van der Waals surface area contributed by atoms with Crippen LogP contribution < -0.4 is 10.6 Å². The van der Waals surface area contributed by atoms with Gasteiger partial charge in [-0.25, -0.2) is 17.6 Å². The maximum atomic E-state index is 14.9. The van der Waals surface area contributed by atoms with Crippen LogP contribution in [0.2, 0.25) is 0 Å². The average Bonchev–Trinajstić information content (AvgIpc) is 3.18. The summed E-state index contributed by atoms with van der Waals surface area (Å²) in [5, 5.41) is 5.54. The normalized spacial score (nSPS) is 14.5. The molecule has 2 amide bonds. The first-order valence-electron chi connectivity index (χ1n) is 10.7. The highest BCUT2D eigenvalue weighted by molar-refractivity contribution is 7.90. The van der Waals surface area contributed by atoms with Gasteiger partial charge in [0.25, 0.3) is 0 Å². The quantitative estimate of drug-likeness (QED) is 0.554. The highest BCUT2D eigenvalue weighted by Gasteiger charge is 2.24. The van der Waals surface area contributed by atoms with Gasteiger partial charge >= 0.3 is 6.03 Å². The van der Waals surface area contributed by atoms with Gasteiger partial charge in [-0.1, -0.05) is 42.5 Å². The minimum atomic E-state index is -3.75. The number of carbonyl (C=O) groups excluding carboxylic acids is 1. The Morgan fingerprint density at radius 1 is 1.03 bits per heavy atom. The smallest absolute Gasteiger partial charge is 0.319 e. The molecule has 1 atom stereocenters. The maximum absolute atomic E-state index is 14.9. The Morgan fingerprint density at radius 3 is 2.42 bits per heavy atom. The van der Waals surface area contributed by atoms with Crippen LogP contribution >= 0.6 is 0 Å². The van der Waals surface area contributed by atoms with E-state index in [2.05, 4.69) is 10.6 Å². The van der Waals surface area contributed by atoms with Crippen molar-refractivity contribution in [1.82, 2.24) is 10.2 Å². The number of nitrogens with one attached hydrogen (secondary N) is 2. The molecule has 172 valence electrons. The van der Waals surface area contributed by atoms with Crippen LogP contribution in [0.25, 0.3) is 0 Å². The van der Waals surface area contributed by atoms with Crippen molar-refractivity contribution in [2.24, 2.45) is 0 Å². The van der Waals surface area contributed by atoms with Crippen LogP contribution in [-0.4, -0.2) is 26.4 Å². The zero-order valence-corrected chi connectivity index (χ0v) is 19.3. The van der Waals surface area contributed by atoms with Crippen LogP contribution in [0.5, 0.6) is 0 Å². The van der Waals surface area contributed by atoms with E-state index in [1.807, 2.05) is 49.2 Å². The van der Waals surface area contributed by atoms with E-state index in [0.29, 0.717) is 24.3 Å². The Morgan fingerprint density at radius 2 is 1.73 bits per heavy atom. The number of urea groups is 1. The molecular weight excluding hydrogens is 441 g/mol. The van der Waals surface area contributed by atoms with Crippen molar-refractivity contribution in [1.29, 1.82) is 0 Å². The molecular formula is C25H26FN3O3S. The van der Waals surface area contributed by atoms with Crippen molar-refractivity contribution < 1.29 is 17.6 Å². The Kier molecular flexibility index (Phi) is 6.49. The van der Waals surface area contributed by atoms with E-state index in [4.69, 9.17) is 0 Å². The standard InChI is InChI=1S/C25H26FN3O3S/c1-17(18-6-4-3-5-7-18)27-25(30)28-21-10-12-22(13-11-21)33(31,32)16-20-9-8-19-14-29(2)15-23(19)24(20)26/h3-13,17H,14-16H2,1-2H3,(H2,27,28,30)/t17-/m1/s1. The lowest BCUT2D eigenvalue weighted by Gasteiger charge is -2.15. The van der Waals surface area contributed by atoms with Gasteiger partial charge in [-0.15, -0.1) is 0 Å². The molecule has 0 bridgehead atoms. The number of hydrogen-bond donors (Lipinski definition) is 2. The molecule has 1 aliphatic rings. The lowest BCUT2D eigenvalue weighted by atomic mass is 10.1. The molecule has 0 radical (unpaired) electrons. The van der Waals surface area contributed by atoms with Gasteiger partial charge in [0.05, 0.1) is 16.7 Å². The monoisotopic (exact) mass is 467 g/mol. The molecule has 0 saturated heterocycles. The third-order valence-corrected chi connectivity index (χ3v) is 7.43. The number of benzene rings is 3. The predicted octanol–water partition coefficient (Wildman–Crippen LogP) is 4.63. The van der Waals surface area contributed by atoms with Crippen molar-refractivity contribution in [3.63, 3.8) is 0 Å². The van der Waals surface area contributed by atoms with Gasteiger partial charge in [0, 0.05) is 29.9 Å². The van der Waals surface area contributed by atoms with Gasteiger partial charge in [-0.2, -0.15) is 0 Å². The van der Waals surface area contributed by atoms with Crippen LogP contribution in [0, 0.1) is 5.82 Å². The van der Waals surface area contributed by atoms with Crippen LogP contribution in [0.3, 0.4) is 0 Å². The summed E-state index contributed by atoms with van der Waals surface area (Å²) in [6, 6.07) is 18.2. The van der Waals surface area contributed by atoms with E-state index < -0.39 is 27.4 Å². The molecule has 3 aromatic carbocycles. The summed E-state index contributed by atoms with van der Waals surface area (Å²) in [4.78, 5) is 14.3.